The molecule has 7 nitrogen and oxygen atoms in total. The molecule has 0 spiro atoms. The molecule has 3 rings (SSSR count). The fourth-order valence-corrected chi connectivity index (χ4v) is 3.13. The number of aryl methyl sites for hydroxylation is 1. The van der Waals surface area contributed by atoms with E-state index < -0.39 is 34.6 Å². The number of hydrogen-bond acceptors (Lipinski definition) is 7. The molecule has 0 saturated heterocycles. The first kappa shape index (κ1) is 22.5. The molecule has 3 aromatic rings. The number of carbonyl (C=O) groups excluding carboxylic acids is 1. The van der Waals surface area contributed by atoms with Crippen molar-refractivity contribution < 1.29 is 34.7 Å². The first-order valence-corrected chi connectivity index (χ1v) is 9.14. The molecule has 0 saturated carbocycles. The Morgan fingerprint density at radius 1 is 1.07 bits per heavy atom. The first-order chi connectivity index (χ1) is 13.6. The van der Waals surface area contributed by atoms with Crippen LogP contribution in [0.15, 0.2) is 16.5 Å². The Hall–Kier alpha value is -2.84. The van der Waals surface area contributed by atoms with Gasteiger partial charge in [0, 0.05) is 5.56 Å². The fraction of sp³-hybridized carbons (Fsp3) is 0.250. The van der Waals surface area contributed by atoms with Crippen LogP contribution in [0.5, 0.6) is 23.0 Å². The Morgan fingerprint density at radius 2 is 1.66 bits per heavy atom. The van der Waals surface area contributed by atoms with E-state index in [1.54, 1.807) is 6.92 Å². The number of phenolic OH excluding ortho intramolecular Hbond substituents is 4. The van der Waals surface area contributed by atoms with E-state index in [-0.39, 0.29) is 38.6 Å². The van der Waals surface area contributed by atoms with E-state index in [9.17, 15) is 30.3 Å². The Morgan fingerprint density at radius 3 is 2.17 bits per heavy atom. The Labute approximate surface area is 173 Å². The predicted molar refractivity (Wildman–Crippen MR) is 110 cm³/mol. The van der Waals surface area contributed by atoms with Crippen molar-refractivity contribution in [3.8, 4) is 23.0 Å². The maximum atomic E-state index is 13.1. The molecule has 0 bridgehead atoms. The number of halogens is 1. The number of aliphatic hydroxyl groups excluding tert-OH is 1. The molecule has 152 valence electrons. The second-order valence-corrected chi connectivity index (χ2v) is 6.54. The molecule has 1 atom stereocenters. The lowest BCUT2D eigenvalue weighted by atomic mass is 9.89. The van der Waals surface area contributed by atoms with Crippen molar-refractivity contribution >= 4 is 41.7 Å². The normalized spacial score (nSPS) is 11.8. The zero-order chi connectivity index (χ0) is 22.2. The fourth-order valence-electron chi connectivity index (χ4n) is 2.86. The highest BCUT2D eigenvalue weighted by Gasteiger charge is 2.31. The second-order valence-electron chi connectivity index (χ2n) is 6.13. The highest BCUT2D eigenvalue weighted by Crippen LogP contribution is 2.45. The number of carbonyl (C=O) groups is 1. The van der Waals surface area contributed by atoms with Crippen LogP contribution < -0.4 is 5.46 Å². The van der Waals surface area contributed by atoms with E-state index in [0.29, 0.717) is 5.56 Å². The van der Waals surface area contributed by atoms with Gasteiger partial charge in [0.15, 0.2) is 17.3 Å². The van der Waals surface area contributed by atoms with Gasteiger partial charge in [0.1, 0.15) is 31.0 Å². The average molecular weight is 419 g/mol. The van der Waals surface area contributed by atoms with Crippen LogP contribution in [0.4, 0.5) is 0 Å². The highest BCUT2D eigenvalue weighted by molar-refractivity contribution is 6.41. The Kier molecular flexibility index (Phi) is 6.40. The lowest BCUT2D eigenvalue weighted by molar-refractivity contribution is 0.102. The number of ketones is 1. The number of rotatable bonds is 3. The van der Waals surface area contributed by atoms with Crippen LogP contribution in [0, 0.1) is 6.92 Å². The van der Waals surface area contributed by atoms with E-state index in [4.69, 9.17) is 23.9 Å². The van der Waals surface area contributed by atoms with Crippen LogP contribution in [0.3, 0.4) is 0 Å². The summed E-state index contributed by atoms with van der Waals surface area (Å²) in [4.78, 5) is 13.1. The molecule has 2 radical (unpaired) electrons. The van der Waals surface area contributed by atoms with Crippen LogP contribution in [-0.4, -0.2) is 39.2 Å². The number of fused-ring (bicyclic) bond motifs is 1. The Bertz CT molecular complexity index is 1080. The smallest absolute Gasteiger partial charge is 0.200 e. The maximum Gasteiger partial charge on any atom is 0.200 e. The van der Waals surface area contributed by atoms with Crippen LogP contribution in [0.1, 0.15) is 54.1 Å². The molecule has 2 aromatic carbocycles. The van der Waals surface area contributed by atoms with Gasteiger partial charge in [0.2, 0.25) is 5.75 Å². The molecule has 29 heavy (non-hydrogen) atoms. The summed E-state index contributed by atoms with van der Waals surface area (Å²) in [6, 6.07) is 2.59. The summed E-state index contributed by atoms with van der Waals surface area (Å²) in [6.45, 7) is 6.87. The van der Waals surface area contributed by atoms with Crippen LogP contribution >= 0.6 is 11.6 Å². The number of aromatic hydroxyl groups is 4. The zero-order valence-electron chi connectivity index (χ0n) is 16.2. The average Bonchev–Trinajstić information content (AvgIpc) is 3.10. The minimum atomic E-state index is -1.27. The van der Waals surface area contributed by atoms with Crippen LogP contribution in [-0.2, 0) is 0 Å². The molecular weight excluding hydrogens is 398 g/mol. The molecule has 0 fully saturated rings. The largest absolute Gasteiger partial charge is 0.506 e. The third kappa shape index (κ3) is 3.61. The van der Waals surface area contributed by atoms with Crippen molar-refractivity contribution in [2.45, 2.75) is 33.8 Å². The van der Waals surface area contributed by atoms with Gasteiger partial charge in [-0.15, -0.1) is 0 Å². The summed E-state index contributed by atoms with van der Waals surface area (Å²) in [7, 11) is 5.72. The third-order valence-corrected chi connectivity index (χ3v) is 4.53. The van der Waals surface area contributed by atoms with Gasteiger partial charge >= 0.3 is 0 Å². The molecule has 1 unspecified atom stereocenters. The lowest BCUT2D eigenvalue weighted by Crippen LogP contribution is -2.07. The van der Waals surface area contributed by atoms with Gasteiger partial charge in [-0.2, -0.15) is 0 Å². The van der Waals surface area contributed by atoms with Crippen molar-refractivity contribution in [2.75, 3.05) is 0 Å². The molecule has 1 heterocycles. The topological polar surface area (TPSA) is 131 Å². The van der Waals surface area contributed by atoms with Gasteiger partial charge in [-0.05, 0) is 37.0 Å². The Balaban J connectivity index is 0.00000145. The van der Waals surface area contributed by atoms with E-state index >= 15 is 0 Å². The number of furan rings is 1. The first-order valence-electron chi connectivity index (χ1n) is 8.76. The lowest BCUT2D eigenvalue weighted by Gasteiger charge is -2.09. The van der Waals surface area contributed by atoms with Crippen molar-refractivity contribution in [2.24, 2.45) is 0 Å². The van der Waals surface area contributed by atoms with Gasteiger partial charge in [-0.25, -0.2) is 0 Å². The molecular formula is C20H20BClO7. The summed E-state index contributed by atoms with van der Waals surface area (Å²) in [5, 5.41) is 49.4. The quantitative estimate of drug-likeness (QED) is 0.250. The second kappa shape index (κ2) is 8.27. The van der Waals surface area contributed by atoms with Crippen molar-refractivity contribution in [3.63, 3.8) is 0 Å². The number of aliphatic hydroxyl groups is 1. The van der Waals surface area contributed by atoms with Gasteiger partial charge in [-0.1, -0.05) is 25.4 Å². The minimum Gasteiger partial charge on any atom is -0.506 e. The van der Waals surface area contributed by atoms with Crippen LogP contribution in [0.25, 0.3) is 11.0 Å². The summed E-state index contributed by atoms with van der Waals surface area (Å²) < 4.78 is 5.43. The van der Waals surface area contributed by atoms with E-state index in [0.717, 1.165) is 0 Å². The summed E-state index contributed by atoms with van der Waals surface area (Å²) in [6.07, 6.45) is -1.27. The van der Waals surface area contributed by atoms with Gasteiger partial charge in [-0.3, -0.25) is 4.79 Å². The summed E-state index contributed by atoms with van der Waals surface area (Å²) in [5.41, 5.74) is -0.530. The molecule has 0 aliphatic rings. The number of phenols is 4. The van der Waals surface area contributed by atoms with Crippen LogP contribution in [0.2, 0.25) is 5.02 Å². The number of benzene rings is 2. The minimum absolute atomic E-state index is 0.0467. The highest BCUT2D eigenvalue weighted by atomic mass is 35.5. The summed E-state index contributed by atoms with van der Waals surface area (Å²) >= 11 is 5.93. The molecule has 9 heteroatoms. The van der Waals surface area contributed by atoms with Gasteiger partial charge < -0.3 is 29.9 Å². The SMILES string of the molecule is CC.[B]c1c(O)c(O)c(O)c2c(C(=O)c3cc(C)c(O)c(Cl)c3)c(C(C)O)oc12. The van der Waals surface area contributed by atoms with E-state index in [1.165, 1.54) is 19.1 Å². The number of hydrogen-bond donors (Lipinski definition) is 5. The molecule has 0 amide bonds. The van der Waals surface area contributed by atoms with Crippen molar-refractivity contribution in [1.82, 2.24) is 0 Å². The third-order valence-electron chi connectivity index (χ3n) is 4.24. The maximum absolute atomic E-state index is 13.1. The zero-order valence-corrected chi connectivity index (χ0v) is 17.0. The molecule has 0 aliphatic carbocycles. The van der Waals surface area contributed by atoms with E-state index in [2.05, 4.69) is 0 Å². The molecule has 5 N–H and O–H groups in total. The van der Waals surface area contributed by atoms with Gasteiger partial charge in [0.25, 0.3) is 0 Å². The summed E-state index contributed by atoms with van der Waals surface area (Å²) in [5.74, 6) is -3.66. The molecule has 1 aromatic heterocycles. The monoisotopic (exact) mass is 418 g/mol. The van der Waals surface area contributed by atoms with Crippen molar-refractivity contribution in [1.29, 1.82) is 0 Å². The molecule has 0 aliphatic heterocycles. The van der Waals surface area contributed by atoms with E-state index in [1.807, 2.05) is 13.8 Å². The van der Waals surface area contributed by atoms with Gasteiger partial charge in [0.05, 0.1) is 16.0 Å². The standard InChI is InChI=1S/C18H14BClO7.C2H6/c1-5-3-7(4-8(20)12(5)22)13(23)9-10-14(24)16(26)15(25)11(19)18(10)27-17(9)6(2)21;1-2/h3-4,6,21-22,24-26H,1-2H3;1-2H3. The van der Waals surface area contributed by atoms with Crippen molar-refractivity contribution in [3.05, 3.63) is 39.6 Å². The predicted octanol–water partition coefficient (Wildman–Crippen LogP) is 3.32.